The van der Waals surface area contributed by atoms with Gasteiger partial charge in [-0.3, -0.25) is 4.99 Å². The monoisotopic (exact) mass is 423 g/mol. The van der Waals surface area contributed by atoms with Crippen molar-refractivity contribution in [3.05, 3.63) is 47.5 Å². The first-order valence-corrected chi connectivity index (χ1v) is 8.64. The molecule has 23 heavy (non-hydrogen) atoms. The molecule has 0 aliphatic heterocycles. The van der Waals surface area contributed by atoms with Crippen molar-refractivity contribution >= 4 is 29.9 Å². The highest BCUT2D eigenvalue weighted by molar-refractivity contribution is 14.0. The molecule has 1 saturated carbocycles. The molecule has 1 aromatic carbocycles. The summed E-state index contributed by atoms with van der Waals surface area (Å²) in [5, 5.41) is 6.95. The van der Waals surface area contributed by atoms with Crippen LogP contribution in [0, 0.1) is 11.8 Å². The molecule has 124 valence electrons. The lowest BCUT2D eigenvalue weighted by Crippen LogP contribution is -2.42. The highest BCUT2D eigenvalue weighted by Gasteiger charge is 2.54. The maximum atomic E-state index is 4.86. The van der Waals surface area contributed by atoms with E-state index >= 15 is 0 Å². The number of aliphatic imine (C=N–C) groups is 1. The van der Waals surface area contributed by atoms with Crippen LogP contribution < -0.4 is 10.6 Å². The number of rotatable bonds is 4. The molecule has 3 atom stereocenters. The van der Waals surface area contributed by atoms with E-state index in [1.807, 2.05) is 0 Å². The molecule has 0 bridgehead atoms. The van der Waals surface area contributed by atoms with Gasteiger partial charge in [0.25, 0.3) is 0 Å². The minimum absolute atomic E-state index is 0. The summed E-state index contributed by atoms with van der Waals surface area (Å²) < 4.78 is 0. The molecule has 4 rings (SSSR count). The molecule has 2 N–H and O–H groups in total. The average molecular weight is 423 g/mol. The lowest BCUT2D eigenvalue weighted by molar-refractivity contribution is 0.627. The first-order valence-electron chi connectivity index (χ1n) is 8.64. The van der Waals surface area contributed by atoms with E-state index < -0.39 is 0 Å². The van der Waals surface area contributed by atoms with Crippen molar-refractivity contribution < 1.29 is 0 Å². The zero-order valence-electron chi connectivity index (χ0n) is 13.7. The minimum atomic E-state index is 0. The highest BCUT2D eigenvalue weighted by Crippen LogP contribution is 2.61. The average Bonchev–Trinajstić information content (AvgIpc) is 2.92. The van der Waals surface area contributed by atoms with Crippen molar-refractivity contribution in [2.75, 3.05) is 13.1 Å². The zero-order chi connectivity index (χ0) is 14.9. The van der Waals surface area contributed by atoms with Gasteiger partial charge in [0, 0.05) is 19.1 Å². The van der Waals surface area contributed by atoms with E-state index in [1.54, 1.807) is 11.1 Å². The Labute approximate surface area is 156 Å². The Balaban J connectivity index is 0.00000156. The van der Waals surface area contributed by atoms with Crippen molar-refractivity contribution in [3.8, 4) is 0 Å². The van der Waals surface area contributed by atoms with Gasteiger partial charge < -0.3 is 10.6 Å². The molecule has 0 heterocycles. The van der Waals surface area contributed by atoms with Crippen molar-refractivity contribution in [1.29, 1.82) is 0 Å². The fourth-order valence-corrected chi connectivity index (χ4v) is 4.18. The summed E-state index contributed by atoms with van der Waals surface area (Å²) in [7, 11) is 0. The molecule has 0 amide bonds. The van der Waals surface area contributed by atoms with Crippen LogP contribution in [0.3, 0.4) is 0 Å². The van der Waals surface area contributed by atoms with Gasteiger partial charge in [-0.1, -0.05) is 36.4 Å². The summed E-state index contributed by atoms with van der Waals surface area (Å²) >= 11 is 0. The Bertz CT molecular complexity index is 602. The summed E-state index contributed by atoms with van der Waals surface area (Å²) in [5.74, 6) is 3.37. The van der Waals surface area contributed by atoms with E-state index in [0.29, 0.717) is 6.04 Å². The number of benzene rings is 1. The Morgan fingerprint density at radius 1 is 1.22 bits per heavy atom. The molecule has 0 spiro atoms. The SMILES string of the molecule is CCNC(=NCC1C2Cc3ccccc3C12)NC1CC=CC1.I. The van der Waals surface area contributed by atoms with E-state index in [2.05, 4.69) is 54.0 Å². The van der Waals surface area contributed by atoms with Crippen LogP contribution in [0.25, 0.3) is 0 Å². The molecule has 1 fully saturated rings. The van der Waals surface area contributed by atoms with Crippen molar-refractivity contribution in [2.24, 2.45) is 16.8 Å². The third-order valence-electron chi connectivity index (χ3n) is 5.35. The third-order valence-corrected chi connectivity index (χ3v) is 5.35. The molecule has 3 aliphatic rings. The second-order valence-electron chi connectivity index (χ2n) is 6.76. The first-order chi connectivity index (χ1) is 10.9. The van der Waals surface area contributed by atoms with Gasteiger partial charge in [0.05, 0.1) is 0 Å². The Morgan fingerprint density at radius 3 is 2.78 bits per heavy atom. The largest absolute Gasteiger partial charge is 0.357 e. The molecule has 1 aromatic rings. The maximum absolute atomic E-state index is 4.86. The highest BCUT2D eigenvalue weighted by atomic mass is 127. The van der Waals surface area contributed by atoms with Gasteiger partial charge in [0.2, 0.25) is 0 Å². The van der Waals surface area contributed by atoms with Crippen molar-refractivity contribution in [3.63, 3.8) is 0 Å². The molecule has 0 aromatic heterocycles. The van der Waals surface area contributed by atoms with Crippen LogP contribution in [0.15, 0.2) is 41.4 Å². The quantitative estimate of drug-likeness (QED) is 0.337. The molecule has 3 unspecified atom stereocenters. The summed E-state index contributed by atoms with van der Waals surface area (Å²) in [6, 6.07) is 9.48. The molecule has 3 nitrogen and oxygen atoms in total. The van der Waals surface area contributed by atoms with Crippen LogP contribution in [-0.4, -0.2) is 25.1 Å². The van der Waals surface area contributed by atoms with E-state index in [-0.39, 0.29) is 24.0 Å². The van der Waals surface area contributed by atoms with E-state index in [1.165, 1.54) is 6.42 Å². The molecule has 3 aliphatic carbocycles. The summed E-state index contributed by atoms with van der Waals surface area (Å²) in [6.45, 7) is 4.01. The number of fused-ring (bicyclic) bond motifs is 3. The Kier molecular flexibility index (Phi) is 5.29. The predicted octanol–water partition coefficient (Wildman–Crippen LogP) is 3.46. The van der Waals surface area contributed by atoms with Crippen LogP contribution in [0.4, 0.5) is 0 Å². The molecular formula is C19H26IN3. The number of hydrogen-bond donors (Lipinski definition) is 2. The molecule has 0 saturated heterocycles. The third kappa shape index (κ3) is 3.42. The van der Waals surface area contributed by atoms with Gasteiger partial charge in [-0.2, -0.15) is 0 Å². The first kappa shape index (κ1) is 16.8. The van der Waals surface area contributed by atoms with Gasteiger partial charge in [-0.25, -0.2) is 0 Å². The van der Waals surface area contributed by atoms with Crippen molar-refractivity contribution in [1.82, 2.24) is 10.6 Å². The van der Waals surface area contributed by atoms with Gasteiger partial charge >= 0.3 is 0 Å². The van der Waals surface area contributed by atoms with E-state index in [9.17, 15) is 0 Å². The molecule has 4 heteroatoms. The minimum Gasteiger partial charge on any atom is -0.357 e. The van der Waals surface area contributed by atoms with E-state index in [4.69, 9.17) is 4.99 Å². The van der Waals surface area contributed by atoms with Crippen molar-refractivity contribution in [2.45, 2.75) is 38.1 Å². The van der Waals surface area contributed by atoms with Gasteiger partial charge in [-0.05, 0) is 55.1 Å². The fourth-order valence-electron chi connectivity index (χ4n) is 4.18. The summed E-state index contributed by atoms with van der Waals surface area (Å²) in [4.78, 5) is 4.86. The number of nitrogens with one attached hydrogen (secondary N) is 2. The lowest BCUT2D eigenvalue weighted by atomic mass is 10.0. The van der Waals surface area contributed by atoms with Crippen LogP contribution in [0.1, 0.15) is 36.8 Å². The van der Waals surface area contributed by atoms with Gasteiger partial charge in [0.15, 0.2) is 5.96 Å². The van der Waals surface area contributed by atoms with Gasteiger partial charge in [-0.15, -0.1) is 24.0 Å². The smallest absolute Gasteiger partial charge is 0.191 e. The maximum Gasteiger partial charge on any atom is 0.191 e. The molecular weight excluding hydrogens is 397 g/mol. The summed E-state index contributed by atoms with van der Waals surface area (Å²) in [5.41, 5.74) is 3.16. The van der Waals surface area contributed by atoms with Crippen LogP contribution in [0.5, 0.6) is 0 Å². The van der Waals surface area contributed by atoms with Gasteiger partial charge in [0.1, 0.15) is 0 Å². The molecule has 0 radical (unpaired) electrons. The van der Waals surface area contributed by atoms with Crippen LogP contribution in [-0.2, 0) is 6.42 Å². The lowest BCUT2D eigenvalue weighted by Gasteiger charge is -2.17. The second-order valence-corrected chi connectivity index (χ2v) is 6.76. The van der Waals surface area contributed by atoms with Crippen LogP contribution >= 0.6 is 24.0 Å². The standard InChI is InChI=1S/C19H25N3.HI/c1-2-20-19(22-14-8-4-5-9-14)21-12-17-16-11-13-7-3-6-10-15(13)18(16)17;/h3-7,10,14,16-18H,2,8-9,11-12H2,1H3,(H2,20,21,22);1H. The van der Waals surface area contributed by atoms with E-state index in [0.717, 1.165) is 49.6 Å². The number of nitrogens with zero attached hydrogens (tertiary/aromatic N) is 1. The second kappa shape index (κ2) is 7.24. The predicted molar refractivity (Wildman–Crippen MR) is 107 cm³/mol. The zero-order valence-corrected chi connectivity index (χ0v) is 16.0. The summed E-state index contributed by atoms with van der Waals surface area (Å²) in [6.07, 6.45) is 8.00. The Hall–Kier alpha value is -1.04. The van der Waals surface area contributed by atoms with Crippen LogP contribution in [0.2, 0.25) is 0 Å². The topological polar surface area (TPSA) is 36.4 Å². The Morgan fingerprint density at radius 2 is 2.00 bits per heavy atom. The number of guanidine groups is 1. The number of hydrogen-bond acceptors (Lipinski definition) is 1. The normalized spacial score (nSPS) is 28.0. The fraction of sp³-hybridized carbons (Fsp3) is 0.526. The number of halogens is 1.